The van der Waals surface area contributed by atoms with E-state index in [1.807, 2.05) is 37.4 Å². The topological polar surface area (TPSA) is 63.9 Å². The molecule has 1 N–H and O–H groups in total. The lowest BCUT2D eigenvalue weighted by atomic mass is 9.97. The summed E-state index contributed by atoms with van der Waals surface area (Å²) in [6, 6.07) is 7.66. The van der Waals surface area contributed by atoms with Gasteiger partial charge in [-0.25, -0.2) is 0 Å². The molecule has 2 aromatic carbocycles. The molecule has 0 amide bonds. The SMILES string of the molecule is CCn1cc(/C=C2/Oc3c(CN4CCCC(C)C4)c(O)cc(C)c3C2=O)c2cc(OC)ccc21. The van der Waals surface area contributed by atoms with Crippen molar-refractivity contribution >= 4 is 22.8 Å². The summed E-state index contributed by atoms with van der Waals surface area (Å²) in [5.74, 6) is 2.23. The van der Waals surface area contributed by atoms with Crippen molar-refractivity contribution in [2.75, 3.05) is 20.2 Å². The number of phenols is 1. The number of fused-ring (bicyclic) bond motifs is 2. The van der Waals surface area contributed by atoms with Gasteiger partial charge in [0.05, 0.1) is 18.2 Å². The largest absolute Gasteiger partial charge is 0.507 e. The number of nitrogens with zero attached hydrogens (tertiary/aromatic N) is 2. The van der Waals surface area contributed by atoms with Crippen LogP contribution in [-0.4, -0.2) is 40.6 Å². The summed E-state index contributed by atoms with van der Waals surface area (Å²) in [6.07, 6.45) is 6.23. The Hall–Kier alpha value is -3.25. The molecule has 178 valence electrons. The predicted molar refractivity (Wildman–Crippen MR) is 134 cm³/mol. The highest BCUT2D eigenvalue weighted by molar-refractivity contribution is 6.16. The number of methoxy groups -OCH3 is 1. The molecule has 3 heterocycles. The van der Waals surface area contributed by atoms with Gasteiger partial charge in [-0.05, 0) is 75.1 Å². The van der Waals surface area contributed by atoms with Crippen molar-refractivity contribution in [2.45, 2.75) is 46.7 Å². The normalized spacial score (nSPS) is 19.6. The van der Waals surface area contributed by atoms with Gasteiger partial charge in [0.25, 0.3) is 0 Å². The minimum Gasteiger partial charge on any atom is -0.507 e. The Kier molecular flexibility index (Phi) is 5.86. The van der Waals surface area contributed by atoms with E-state index in [9.17, 15) is 9.90 Å². The maximum absolute atomic E-state index is 13.4. The highest BCUT2D eigenvalue weighted by atomic mass is 16.5. The summed E-state index contributed by atoms with van der Waals surface area (Å²) < 4.78 is 13.8. The lowest BCUT2D eigenvalue weighted by Crippen LogP contribution is -2.33. The number of rotatable bonds is 5. The van der Waals surface area contributed by atoms with Gasteiger partial charge in [0.2, 0.25) is 5.78 Å². The third-order valence-electron chi connectivity index (χ3n) is 7.09. The second-order valence-corrected chi connectivity index (χ2v) is 9.57. The molecule has 0 bridgehead atoms. The number of carbonyl (C=O) groups is 1. The van der Waals surface area contributed by atoms with Crippen LogP contribution < -0.4 is 9.47 Å². The van der Waals surface area contributed by atoms with E-state index >= 15 is 0 Å². The van der Waals surface area contributed by atoms with Crippen molar-refractivity contribution in [2.24, 2.45) is 5.92 Å². The number of benzene rings is 2. The number of Topliss-reactive ketones (excluding diaryl/α,β-unsaturated/α-hetero) is 1. The van der Waals surface area contributed by atoms with E-state index in [2.05, 4.69) is 23.3 Å². The number of likely N-dealkylation sites (tertiary alicyclic amines) is 1. The first kappa shape index (κ1) is 22.5. The fraction of sp³-hybridized carbons (Fsp3) is 0.393. The van der Waals surface area contributed by atoms with E-state index in [4.69, 9.17) is 9.47 Å². The lowest BCUT2D eigenvalue weighted by Gasteiger charge is -2.31. The Morgan fingerprint density at radius 1 is 1.29 bits per heavy atom. The number of phenolic OH excluding ortho intramolecular Hbond substituents is 1. The predicted octanol–water partition coefficient (Wildman–Crippen LogP) is 5.53. The fourth-order valence-electron chi connectivity index (χ4n) is 5.34. The van der Waals surface area contributed by atoms with Gasteiger partial charge in [0.1, 0.15) is 17.2 Å². The number of hydrogen-bond donors (Lipinski definition) is 1. The number of ether oxygens (including phenoxy) is 2. The maximum Gasteiger partial charge on any atom is 0.232 e. The maximum atomic E-state index is 13.4. The van der Waals surface area contributed by atoms with Gasteiger partial charge in [-0.15, -0.1) is 0 Å². The number of carbonyl (C=O) groups excluding carboxylic acids is 1. The molecule has 6 heteroatoms. The van der Waals surface area contributed by atoms with Crippen LogP contribution in [0.1, 0.15) is 53.7 Å². The van der Waals surface area contributed by atoms with Crippen molar-refractivity contribution < 1.29 is 19.4 Å². The molecule has 2 aliphatic rings. The average Bonchev–Trinajstić information content (AvgIpc) is 3.34. The summed E-state index contributed by atoms with van der Waals surface area (Å²) in [5, 5.41) is 11.8. The van der Waals surface area contributed by atoms with Gasteiger partial charge in [-0.2, -0.15) is 0 Å². The van der Waals surface area contributed by atoms with E-state index in [0.717, 1.165) is 53.8 Å². The summed E-state index contributed by atoms with van der Waals surface area (Å²) >= 11 is 0. The summed E-state index contributed by atoms with van der Waals surface area (Å²) in [4.78, 5) is 15.8. The molecule has 0 spiro atoms. The fourth-order valence-corrected chi connectivity index (χ4v) is 5.34. The highest BCUT2D eigenvalue weighted by Crippen LogP contribution is 2.43. The number of piperidine rings is 1. The average molecular weight is 461 g/mol. The second-order valence-electron chi connectivity index (χ2n) is 9.57. The number of ketones is 1. The number of allylic oxidation sites excluding steroid dienone is 1. The van der Waals surface area contributed by atoms with Crippen LogP contribution in [0.15, 0.2) is 36.2 Å². The van der Waals surface area contributed by atoms with E-state index in [1.165, 1.54) is 6.42 Å². The summed E-state index contributed by atoms with van der Waals surface area (Å²) in [6.45, 7) is 9.56. The van der Waals surface area contributed by atoms with Gasteiger partial charge in [-0.3, -0.25) is 9.69 Å². The van der Waals surface area contributed by atoms with Crippen LogP contribution in [0.2, 0.25) is 0 Å². The van der Waals surface area contributed by atoms with Crippen molar-refractivity contribution in [1.82, 2.24) is 9.47 Å². The molecule has 3 aromatic rings. The minimum atomic E-state index is -0.138. The molecule has 0 aliphatic carbocycles. The molecule has 5 rings (SSSR count). The quantitative estimate of drug-likeness (QED) is 0.507. The zero-order valence-corrected chi connectivity index (χ0v) is 20.4. The molecule has 0 radical (unpaired) electrons. The van der Waals surface area contributed by atoms with E-state index in [0.29, 0.717) is 29.3 Å². The number of aromatic hydroxyl groups is 1. The third-order valence-corrected chi connectivity index (χ3v) is 7.09. The molecular weight excluding hydrogens is 428 g/mol. The zero-order chi connectivity index (χ0) is 24.0. The first-order valence-corrected chi connectivity index (χ1v) is 12.1. The van der Waals surface area contributed by atoms with Crippen LogP contribution >= 0.6 is 0 Å². The van der Waals surface area contributed by atoms with Gasteiger partial charge >= 0.3 is 0 Å². The molecule has 1 fully saturated rings. The summed E-state index contributed by atoms with van der Waals surface area (Å²) in [7, 11) is 1.65. The molecular formula is C28H32N2O4. The van der Waals surface area contributed by atoms with Crippen LogP contribution in [0.25, 0.3) is 17.0 Å². The molecule has 1 saturated heterocycles. The van der Waals surface area contributed by atoms with Crippen molar-refractivity contribution in [3.8, 4) is 17.2 Å². The molecule has 1 unspecified atom stereocenters. The Morgan fingerprint density at radius 2 is 2.12 bits per heavy atom. The Bertz CT molecular complexity index is 1300. The number of hydrogen-bond acceptors (Lipinski definition) is 5. The zero-order valence-electron chi connectivity index (χ0n) is 20.4. The minimum absolute atomic E-state index is 0.138. The Morgan fingerprint density at radius 3 is 2.85 bits per heavy atom. The van der Waals surface area contributed by atoms with E-state index < -0.39 is 0 Å². The van der Waals surface area contributed by atoms with Crippen LogP contribution in [0, 0.1) is 12.8 Å². The van der Waals surface area contributed by atoms with Crippen LogP contribution in [-0.2, 0) is 13.1 Å². The number of aryl methyl sites for hydroxylation is 2. The molecule has 1 aromatic heterocycles. The van der Waals surface area contributed by atoms with Gasteiger partial charge in [0, 0.05) is 42.3 Å². The first-order chi connectivity index (χ1) is 16.4. The first-order valence-electron chi connectivity index (χ1n) is 12.1. The van der Waals surface area contributed by atoms with Crippen LogP contribution in [0.5, 0.6) is 17.2 Å². The van der Waals surface area contributed by atoms with Crippen LogP contribution in [0.3, 0.4) is 0 Å². The number of aromatic nitrogens is 1. The van der Waals surface area contributed by atoms with Crippen molar-refractivity contribution in [3.05, 3.63) is 58.5 Å². The third kappa shape index (κ3) is 3.86. The van der Waals surface area contributed by atoms with E-state index in [-0.39, 0.29) is 17.3 Å². The second kappa shape index (κ2) is 8.84. The summed E-state index contributed by atoms with van der Waals surface area (Å²) in [5.41, 5.74) is 3.96. The van der Waals surface area contributed by atoms with Gasteiger partial charge < -0.3 is 19.1 Å². The molecule has 6 nitrogen and oxygen atoms in total. The van der Waals surface area contributed by atoms with Crippen molar-refractivity contribution in [3.63, 3.8) is 0 Å². The van der Waals surface area contributed by atoms with Gasteiger partial charge in [0.15, 0.2) is 5.76 Å². The molecule has 1 atom stereocenters. The molecule has 34 heavy (non-hydrogen) atoms. The standard InChI is InChI=1S/C28H32N2O4/c1-5-30-15-19(21-13-20(33-4)8-9-23(21)30)12-25-27(32)26-18(3)11-24(31)22(28(26)34-25)16-29-10-6-7-17(2)14-29/h8-9,11-13,15,17,31H,5-7,10,14,16H2,1-4H3/b25-12+. The lowest BCUT2D eigenvalue weighted by molar-refractivity contribution is 0.101. The van der Waals surface area contributed by atoms with Crippen molar-refractivity contribution in [1.29, 1.82) is 0 Å². The monoisotopic (exact) mass is 460 g/mol. The Labute approximate surface area is 200 Å². The van der Waals surface area contributed by atoms with E-state index in [1.54, 1.807) is 13.2 Å². The van der Waals surface area contributed by atoms with Crippen LogP contribution in [0.4, 0.5) is 0 Å². The van der Waals surface area contributed by atoms with Gasteiger partial charge in [-0.1, -0.05) is 6.92 Å². The molecule has 0 saturated carbocycles. The Balaban J connectivity index is 1.55. The smallest absolute Gasteiger partial charge is 0.232 e. The highest BCUT2D eigenvalue weighted by Gasteiger charge is 2.34. The molecule has 2 aliphatic heterocycles.